The van der Waals surface area contributed by atoms with Crippen molar-refractivity contribution in [3.8, 4) is 0 Å². The lowest BCUT2D eigenvalue weighted by atomic mass is 10.2. The van der Waals surface area contributed by atoms with E-state index >= 15 is 0 Å². The van der Waals surface area contributed by atoms with E-state index < -0.39 is 11.6 Å². The maximum atomic E-state index is 13.7. The maximum Gasteiger partial charge on any atom is 0.144 e. The molecule has 1 heterocycles. The fourth-order valence-corrected chi connectivity index (χ4v) is 3.28. The molecule has 0 spiro atoms. The molecule has 1 aromatic heterocycles. The van der Waals surface area contributed by atoms with Crippen LogP contribution in [-0.4, -0.2) is 0 Å². The Morgan fingerprint density at radius 3 is 2.61 bits per heavy atom. The first-order valence-electron chi connectivity index (χ1n) is 5.14. The highest BCUT2D eigenvalue weighted by Crippen LogP contribution is 2.22. The van der Waals surface area contributed by atoms with Gasteiger partial charge in [-0.3, -0.25) is 0 Å². The van der Waals surface area contributed by atoms with Gasteiger partial charge in [0.1, 0.15) is 11.6 Å². The van der Waals surface area contributed by atoms with Gasteiger partial charge < -0.3 is 5.32 Å². The van der Waals surface area contributed by atoms with E-state index in [1.54, 1.807) is 11.3 Å². The van der Waals surface area contributed by atoms with Crippen LogP contribution in [0, 0.1) is 11.6 Å². The van der Waals surface area contributed by atoms with Crippen molar-refractivity contribution in [2.45, 2.75) is 13.1 Å². The van der Waals surface area contributed by atoms with Crippen molar-refractivity contribution in [3.05, 3.63) is 54.6 Å². The first-order chi connectivity index (χ1) is 8.58. The molecule has 2 aromatic rings. The number of nitrogens with one attached hydrogen (secondary N) is 1. The van der Waals surface area contributed by atoms with Gasteiger partial charge in [-0.15, -0.1) is 11.3 Å². The van der Waals surface area contributed by atoms with E-state index in [4.69, 9.17) is 0 Å². The number of rotatable bonds is 4. The summed E-state index contributed by atoms with van der Waals surface area (Å²) >= 11 is 8.00. The molecule has 0 atom stereocenters. The van der Waals surface area contributed by atoms with Crippen LogP contribution in [0.4, 0.5) is 8.78 Å². The lowest BCUT2D eigenvalue weighted by molar-refractivity contribution is 0.532. The third-order valence-corrected chi connectivity index (χ3v) is 4.67. The van der Waals surface area contributed by atoms with E-state index in [0.717, 1.165) is 9.35 Å². The van der Waals surface area contributed by atoms with E-state index in [1.165, 1.54) is 12.1 Å². The predicted octanol–water partition coefficient (Wildman–Crippen LogP) is 4.84. The fourth-order valence-electron chi connectivity index (χ4n) is 1.49. The Labute approximate surface area is 124 Å². The molecule has 0 saturated carbocycles. The van der Waals surface area contributed by atoms with Gasteiger partial charge in [-0.1, -0.05) is 0 Å². The van der Waals surface area contributed by atoms with Crippen LogP contribution >= 0.6 is 43.2 Å². The second-order valence-corrected chi connectivity index (χ2v) is 6.42. The molecule has 18 heavy (non-hydrogen) atoms. The molecule has 0 bridgehead atoms. The van der Waals surface area contributed by atoms with E-state index in [9.17, 15) is 8.78 Å². The number of hydrogen-bond acceptors (Lipinski definition) is 2. The predicted molar refractivity (Wildman–Crippen MR) is 76.6 cm³/mol. The van der Waals surface area contributed by atoms with Gasteiger partial charge in [0, 0.05) is 33.4 Å². The molecule has 0 aliphatic heterocycles. The average Bonchev–Trinajstić information content (AvgIpc) is 2.74. The lowest BCUT2D eigenvalue weighted by Gasteiger charge is -2.07. The Balaban J connectivity index is 2.00. The topological polar surface area (TPSA) is 12.0 Å². The monoisotopic (exact) mass is 395 g/mol. The van der Waals surface area contributed by atoms with Crippen LogP contribution in [0.2, 0.25) is 0 Å². The van der Waals surface area contributed by atoms with Crippen molar-refractivity contribution in [1.82, 2.24) is 5.32 Å². The third-order valence-electron chi connectivity index (χ3n) is 2.36. The Bertz CT molecular complexity index is 557. The van der Waals surface area contributed by atoms with Crippen LogP contribution in [0.5, 0.6) is 0 Å². The van der Waals surface area contributed by atoms with Gasteiger partial charge in [0.2, 0.25) is 0 Å². The summed E-state index contributed by atoms with van der Waals surface area (Å²) in [6, 6.07) is 4.60. The van der Waals surface area contributed by atoms with Crippen molar-refractivity contribution < 1.29 is 8.78 Å². The summed E-state index contributed by atoms with van der Waals surface area (Å²) in [6.45, 7) is 0.744. The maximum absolute atomic E-state index is 13.7. The Kier molecular flexibility index (Phi) is 4.89. The molecular formula is C12H9Br2F2NS. The second-order valence-electron chi connectivity index (χ2n) is 3.66. The van der Waals surface area contributed by atoms with Crippen molar-refractivity contribution >= 4 is 43.2 Å². The molecule has 96 valence electrons. The molecule has 6 heteroatoms. The fraction of sp³-hybridized carbons (Fsp3) is 0.167. The van der Waals surface area contributed by atoms with Crippen molar-refractivity contribution in [1.29, 1.82) is 0 Å². The number of hydrogen-bond donors (Lipinski definition) is 1. The zero-order valence-electron chi connectivity index (χ0n) is 9.14. The highest BCUT2D eigenvalue weighted by molar-refractivity contribution is 9.10. The Morgan fingerprint density at radius 1 is 1.17 bits per heavy atom. The largest absolute Gasteiger partial charge is 0.308 e. The molecule has 0 aliphatic rings. The molecule has 1 aromatic carbocycles. The van der Waals surface area contributed by atoms with Crippen molar-refractivity contribution in [2.24, 2.45) is 0 Å². The molecule has 0 amide bonds. The van der Waals surface area contributed by atoms with Gasteiger partial charge in [-0.2, -0.15) is 0 Å². The Morgan fingerprint density at radius 2 is 1.94 bits per heavy atom. The zero-order chi connectivity index (χ0) is 13.1. The summed E-state index contributed by atoms with van der Waals surface area (Å²) in [5.41, 5.74) is 0.0556. The molecule has 0 fully saturated rings. The molecule has 1 nitrogen and oxygen atoms in total. The van der Waals surface area contributed by atoms with Crippen LogP contribution in [0.3, 0.4) is 0 Å². The molecule has 1 N–H and O–H groups in total. The van der Waals surface area contributed by atoms with Gasteiger partial charge >= 0.3 is 0 Å². The molecule has 2 rings (SSSR count). The summed E-state index contributed by atoms with van der Waals surface area (Å²) in [4.78, 5) is 1.11. The third kappa shape index (κ3) is 3.38. The molecule has 0 unspecified atom stereocenters. The summed E-state index contributed by atoms with van der Waals surface area (Å²) < 4.78 is 28.4. The van der Waals surface area contributed by atoms with Gasteiger partial charge in [0.05, 0.1) is 4.47 Å². The molecule has 0 aliphatic carbocycles. The van der Waals surface area contributed by atoms with E-state index in [1.807, 2.05) is 11.4 Å². The SMILES string of the molecule is Fc1ccc(Br)c(F)c1CNCc1cc(Br)cs1. The summed E-state index contributed by atoms with van der Waals surface area (Å²) in [6.07, 6.45) is 0. The van der Waals surface area contributed by atoms with E-state index in [-0.39, 0.29) is 16.6 Å². The van der Waals surface area contributed by atoms with Gasteiger partial charge in [-0.05, 0) is 50.1 Å². The summed E-state index contributed by atoms with van der Waals surface area (Å²) in [7, 11) is 0. The quantitative estimate of drug-likeness (QED) is 0.729. The first-order valence-corrected chi connectivity index (χ1v) is 7.60. The highest BCUT2D eigenvalue weighted by atomic mass is 79.9. The molecular weight excluding hydrogens is 388 g/mol. The smallest absolute Gasteiger partial charge is 0.144 e. The van der Waals surface area contributed by atoms with E-state index in [2.05, 4.69) is 37.2 Å². The normalized spacial score (nSPS) is 10.9. The average molecular weight is 397 g/mol. The number of benzene rings is 1. The minimum atomic E-state index is -0.546. The second kappa shape index (κ2) is 6.23. The standard InChI is InChI=1S/C12H9Br2F2NS/c13-7-3-8(18-6-7)4-17-5-9-11(15)2-1-10(14)12(9)16/h1-3,6,17H,4-5H2. The van der Waals surface area contributed by atoms with Gasteiger partial charge in [-0.25, -0.2) is 8.78 Å². The lowest BCUT2D eigenvalue weighted by Crippen LogP contribution is -2.14. The highest BCUT2D eigenvalue weighted by Gasteiger charge is 2.11. The summed E-state index contributed by atoms with van der Waals surface area (Å²) in [5, 5.41) is 5.00. The minimum Gasteiger partial charge on any atom is -0.308 e. The van der Waals surface area contributed by atoms with Crippen LogP contribution in [0.1, 0.15) is 10.4 Å². The number of thiophene rings is 1. The molecule has 0 radical (unpaired) electrons. The first kappa shape index (κ1) is 14.1. The van der Waals surface area contributed by atoms with Crippen LogP contribution in [-0.2, 0) is 13.1 Å². The van der Waals surface area contributed by atoms with Crippen molar-refractivity contribution in [3.63, 3.8) is 0 Å². The van der Waals surface area contributed by atoms with E-state index in [0.29, 0.717) is 6.54 Å². The molecule has 0 saturated heterocycles. The van der Waals surface area contributed by atoms with Crippen LogP contribution < -0.4 is 5.32 Å². The minimum absolute atomic E-state index is 0.0556. The van der Waals surface area contributed by atoms with Gasteiger partial charge in [0.15, 0.2) is 0 Å². The van der Waals surface area contributed by atoms with Crippen LogP contribution in [0.25, 0.3) is 0 Å². The summed E-state index contributed by atoms with van der Waals surface area (Å²) in [5.74, 6) is -1.08. The van der Waals surface area contributed by atoms with Crippen molar-refractivity contribution in [2.75, 3.05) is 0 Å². The van der Waals surface area contributed by atoms with Gasteiger partial charge in [0.25, 0.3) is 0 Å². The number of halogens is 4. The zero-order valence-corrected chi connectivity index (χ0v) is 13.1. The van der Waals surface area contributed by atoms with Crippen LogP contribution in [0.15, 0.2) is 32.5 Å². The Hall–Kier alpha value is -0.300.